The molecule has 3 N–H and O–H groups in total. The van der Waals surface area contributed by atoms with E-state index in [-0.39, 0.29) is 11.9 Å². The van der Waals surface area contributed by atoms with E-state index in [9.17, 15) is 4.79 Å². The summed E-state index contributed by atoms with van der Waals surface area (Å²) in [5.74, 6) is 0.762. The average Bonchev–Trinajstić information content (AvgIpc) is 3.14. The van der Waals surface area contributed by atoms with Gasteiger partial charge in [0.1, 0.15) is 10.8 Å². The Balaban J connectivity index is 1.54. The number of nitrogens with one attached hydrogen (secondary N) is 1. The highest BCUT2D eigenvalue weighted by molar-refractivity contribution is 7.15. The van der Waals surface area contributed by atoms with E-state index < -0.39 is 5.54 Å². The first-order valence-electron chi connectivity index (χ1n) is 9.41. The molecule has 1 aromatic heterocycles. The standard InChI is InChI=1S/C20H25N3O3S/c1-25-14-7-5-13(6-8-14)18-22-15-3-2-4-16(17(15)27-18)23-19(24)20(21)9-11-26-12-10-20/h5-8,16H,2-4,9-12,21H2,1H3,(H,23,24). The van der Waals surface area contributed by atoms with Crippen LogP contribution in [0.2, 0.25) is 0 Å². The number of hydrogen-bond acceptors (Lipinski definition) is 6. The zero-order valence-corrected chi connectivity index (χ0v) is 16.3. The van der Waals surface area contributed by atoms with E-state index in [2.05, 4.69) is 5.32 Å². The Hall–Kier alpha value is -1.96. The van der Waals surface area contributed by atoms with Crippen molar-refractivity contribution in [2.45, 2.75) is 43.7 Å². The summed E-state index contributed by atoms with van der Waals surface area (Å²) < 4.78 is 10.6. The van der Waals surface area contributed by atoms with Gasteiger partial charge in [-0.25, -0.2) is 4.98 Å². The first-order chi connectivity index (χ1) is 13.1. The summed E-state index contributed by atoms with van der Waals surface area (Å²) in [7, 11) is 1.66. The summed E-state index contributed by atoms with van der Waals surface area (Å²) in [6, 6.07) is 7.92. The number of carbonyl (C=O) groups is 1. The maximum atomic E-state index is 12.8. The van der Waals surface area contributed by atoms with Gasteiger partial charge in [0.15, 0.2) is 0 Å². The number of thiazole rings is 1. The van der Waals surface area contributed by atoms with Crippen molar-refractivity contribution in [3.63, 3.8) is 0 Å². The Morgan fingerprint density at radius 2 is 2.07 bits per heavy atom. The van der Waals surface area contributed by atoms with Crippen LogP contribution >= 0.6 is 11.3 Å². The van der Waals surface area contributed by atoms with E-state index in [1.807, 2.05) is 24.3 Å². The number of fused-ring (bicyclic) bond motifs is 1. The molecule has 4 rings (SSSR count). The van der Waals surface area contributed by atoms with Gasteiger partial charge in [-0.1, -0.05) is 0 Å². The predicted octanol–water partition coefficient (Wildman–Crippen LogP) is 2.82. The van der Waals surface area contributed by atoms with Gasteiger partial charge in [-0.2, -0.15) is 0 Å². The molecule has 7 heteroatoms. The van der Waals surface area contributed by atoms with Crippen LogP contribution in [0.4, 0.5) is 0 Å². The molecule has 1 aliphatic carbocycles. The molecule has 0 saturated carbocycles. The van der Waals surface area contributed by atoms with E-state index in [1.165, 1.54) is 0 Å². The van der Waals surface area contributed by atoms with Crippen molar-refractivity contribution in [1.29, 1.82) is 0 Å². The predicted molar refractivity (Wildman–Crippen MR) is 105 cm³/mol. The zero-order valence-electron chi connectivity index (χ0n) is 15.5. The topological polar surface area (TPSA) is 86.5 Å². The Morgan fingerprint density at radius 1 is 1.33 bits per heavy atom. The van der Waals surface area contributed by atoms with E-state index in [0.29, 0.717) is 26.1 Å². The number of amides is 1. The molecule has 27 heavy (non-hydrogen) atoms. The van der Waals surface area contributed by atoms with Crippen molar-refractivity contribution in [3.05, 3.63) is 34.8 Å². The molecule has 1 unspecified atom stereocenters. The molecular formula is C20H25N3O3S. The zero-order chi connectivity index (χ0) is 18.9. The van der Waals surface area contributed by atoms with Crippen LogP contribution in [0.3, 0.4) is 0 Å². The molecule has 6 nitrogen and oxygen atoms in total. The molecule has 144 valence electrons. The molecule has 1 aromatic carbocycles. The van der Waals surface area contributed by atoms with Gasteiger partial charge >= 0.3 is 0 Å². The first-order valence-corrected chi connectivity index (χ1v) is 10.2. The molecular weight excluding hydrogens is 362 g/mol. The van der Waals surface area contributed by atoms with Crippen LogP contribution in [0.5, 0.6) is 5.75 Å². The van der Waals surface area contributed by atoms with Gasteiger partial charge in [0.05, 0.1) is 29.3 Å². The Kier molecular flexibility index (Phi) is 5.16. The lowest BCUT2D eigenvalue weighted by Gasteiger charge is -2.34. The second-order valence-electron chi connectivity index (χ2n) is 7.25. The fourth-order valence-electron chi connectivity index (χ4n) is 3.68. The van der Waals surface area contributed by atoms with Crippen molar-refractivity contribution in [3.8, 4) is 16.3 Å². The summed E-state index contributed by atoms with van der Waals surface area (Å²) in [4.78, 5) is 18.8. The van der Waals surface area contributed by atoms with Crippen LogP contribution < -0.4 is 15.8 Å². The smallest absolute Gasteiger partial charge is 0.240 e. The summed E-state index contributed by atoms with van der Waals surface area (Å²) >= 11 is 1.67. The van der Waals surface area contributed by atoms with Gasteiger partial charge < -0.3 is 20.5 Å². The number of nitrogens with zero attached hydrogens (tertiary/aromatic N) is 1. The number of benzene rings is 1. The molecule has 0 radical (unpaired) electrons. The van der Waals surface area contributed by atoms with Crippen molar-refractivity contribution < 1.29 is 14.3 Å². The van der Waals surface area contributed by atoms with Gasteiger partial charge in [0.2, 0.25) is 5.91 Å². The normalized spacial score (nSPS) is 21.3. The second-order valence-corrected chi connectivity index (χ2v) is 8.28. The molecule has 1 saturated heterocycles. The minimum Gasteiger partial charge on any atom is -0.497 e. The van der Waals surface area contributed by atoms with Crippen LogP contribution in [0.25, 0.3) is 10.6 Å². The lowest BCUT2D eigenvalue weighted by molar-refractivity contribution is -0.130. The molecule has 0 bridgehead atoms. The maximum Gasteiger partial charge on any atom is 0.240 e. The largest absolute Gasteiger partial charge is 0.497 e. The van der Waals surface area contributed by atoms with Crippen molar-refractivity contribution in [1.82, 2.24) is 10.3 Å². The Labute approximate surface area is 163 Å². The minimum atomic E-state index is -0.820. The fraction of sp³-hybridized carbons (Fsp3) is 0.500. The van der Waals surface area contributed by atoms with Crippen molar-refractivity contribution in [2.24, 2.45) is 5.73 Å². The number of rotatable bonds is 4. The van der Waals surface area contributed by atoms with E-state index >= 15 is 0 Å². The highest BCUT2D eigenvalue weighted by Gasteiger charge is 2.38. The summed E-state index contributed by atoms with van der Waals surface area (Å²) in [5.41, 5.74) is 7.69. The van der Waals surface area contributed by atoms with Gasteiger partial charge in [0, 0.05) is 18.8 Å². The molecule has 1 aliphatic heterocycles. The molecule has 2 heterocycles. The summed E-state index contributed by atoms with van der Waals surface area (Å²) in [5, 5.41) is 4.18. The van der Waals surface area contributed by atoms with E-state index in [0.717, 1.165) is 46.2 Å². The quantitative estimate of drug-likeness (QED) is 0.842. The Bertz CT molecular complexity index is 812. The fourth-order valence-corrected chi connectivity index (χ4v) is 4.88. The SMILES string of the molecule is COc1ccc(-c2nc3c(s2)C(NC(=O)C2(N)CCOCC2)CCC3)cc1. The van der Waals surface area contributed by atoms with Crippen LogP contribution in [0.1, 0.15) is 42.3 Å². The van der Waals surface area contributed by atoms with Crippen LogP contribution in [0.15, 0.2) is 24.3 Å². The highest BCUT2D eigenvalue weighted by Crippen LogP contribution is 2.38. The van der Waals surface area contributed by atoms with E-state index in [1.54, 1.807) is 18.4 Å². The minimum absolute atomic E-state index is 0.00554. The molecule has 2 aliphatic rings. The number of aromatic nitrogens is 1. The van der Waals surface area contributed by atoms with Crippen molar-refractivity contribution in [2.75, 3.05) is 20.3 Å². The second kappa shape index (κ2) is 7.58. The molecule has 1 fully saturated rings. The van der Waals surface area contributed by atoms with Crippen molar-refractivity contribution >= 4 is 17.2 Å². The number of ether oxygens (including phenoxy) is 2. The Morgan fingerprint density at radius 3 is 2.78 bits per heavy atom. The average molecular weight is 388 g/mol. The maximum absolute atomic E-state index is 12.8. The van der Waals surface area contributed by atoms with Gasteiger partial charge in [-0.3, -0.25) is 4.79 Å². The number of carbonyl (C=O) groups excluding carboxylic acids is 1. The lowest BCUT2D eigenvalue weighted by Crippen LogP contribution is -2.57. The molecule has 1 amide bonds. The van der Waals surface area contributed by atoms with Crippen LogP contribution in [0, 0.1) is 0 Å². The monoisotopic (exact) mass is 387 g/mol. The summed E-state index contributed by atoms with van der Waals surface area (Å²) in [6.07, 6.45) is 4.03. The van der Waals surface area contributed by atoms with Gasteiger partial charge in [-0.15, -0.1) is 11.3 Å². The number of hydrogen-bond donors (Lipinski definition) is 2. The number of nitrogens with two attached hydrogens (primary N) is 1. The van der Waals surface area contributed by atoms with E-state index in [4.69, 9.17) is 20.2 Å². The van der Waals surface area contributed by atoms with Crippen LogP contribution in [-0.4, -0.2) is 36.8 Å². The lowest BCUT2D eigenvalue weighted by atomic mass is 9.89. The molecule has 1 atom stereocenters. The third-order valence-electron chi connectivity index (χ3n) is 5.43. The number of methoxy groups -OCH3 is 1. The van der Waals surface area contributed by atoms with Gasteiger partial charge in [0.25, 0.3) is 0 Å². The molecule has 0 spiro atoms. The third-order valence-corrected chi connectivity index (χ3v) is 6.69. The third kappa shape index (κ3) is 3.72. The summed E-state index contributed by atoms with van der Waals surface area (Å²) in [6.45, 7) is 1.09. The van der Waals surface area contributed by atoms with Gasteiger partial charge in [-0.05, 0) is 56.4 Å². The van der Waals surface area contributed by atoms with Crippen LogP contribution in [-0.2, 0) is 16.0 Å². The molecule has 2 aromatic rings. The number of aryl methyl sites for hydroxylation is 1. The highest BCUT2D eigenvalue weighted by atomic mass is 32.1. The first kappa shape index (κ1) is 18.4.